The highest BCUT2D eigenvalue weighted by atomic mass is 32.2. The first-order valence-corrected chi connectivity index (χ1v) is 9.04. The van der Waals surface area contributed by atoms with Crippen LogP contribution in [-0.2, 0) is 9.84 Å². The largest absolute Gasteiger partial charge is 0.478 e. The van der Waals surface area contributed by atoms with E-state index in [1.54, 1.807) is 13.8 Å². The van der Waals surface area contributed by atoms with Gasteiger partial charge < -0.3 is 5.11 Å². The third-order valence-electron chi connectivity index (χ3n) is 4.38. The number of aromatic carboxylic acids is 1. The lowest BCUT2D eigenvalue weighted by Gasteiger charge is -2.22. The van der Waals surface area contributed by atoms with Gasteiger partial charge in [-0.05, 0) is 55.9 Å². The smallest absolute Gasteiger partial charge is 0.335 e. The number of rotatable bonds is 4. The molecule has 2 rings (SSSR count). The van der Waals surface area contributed by atoms with Gasteiger partial charge in [0.2, 0.25) is 0 Å². The molecule has 0 spiro atoms. The van der Waals surface area contributed by atoms with E-state index in [1.807, 2.05) is 0 Å². The van der Waals surface area contributed by atoms with Crippen LogP contribution < -0.4 is 0 Å². The van der Waals surface area contributed by atoms with E-state index < -0.39 is 15.8 Å². The fourth-order valence-corrected chi connectivity index (χ4v) is 5.09. The molecule has 1 aromatic rings. The molecule has 0 saturated heterocycles. The van der Waals surface area contributed by atoms with E-state index in [0.29, 0.717) is 11.1 Å². The lowest BCUT2D eigenvalue weighted by molar-refractivity contribution is 0.0696. The third kappa shape index (κ3) is 3.64. The van der Waals surface area contributed by atoms with E-state index in [1.165, 1.54) is 18.6 Å². The highest BCUT2D eigenvalue weighted by Gasteiger charge is 2.25. The summed E-state index contributed by atoms with van der Waals surface area (Å²) in [5.41, 5.74) is 1.41. The van der Waals surface area contributed by atoms with Gasteiger partial charge in [0.05, 0.1) is 16.2 Å². The summed E-state index contributed by atoms with van der Waals surface area (Å²) in [4.78, 5) is 11.3. The van der Waals surface area contributed by atoms with E-state index in [2.05, 4.69) is 0 Å². The molecule has 0 amide bonds. The summed E-state index contributed by atoms with van der Waals surface area (Å²) in [5.74, 6) is -0.750. The number of carbonyl (C=O) groups is 1. The predicted molar refractivity (Wildman–Crippen MR) is 81.5 cm³/mol. The van der Waals surface area contributed by atoms with E-state index in [4.69, 9.17) is 5.11 Å². The molecule has 1 aromatic carbocycles. The van der Waals surface area contributed by atoms with Crippen LogP contribution in [0.1, 0.15) is 53.6 Å². The van der Waals surface area contributed by atoms with Crippen molar-refractivity contribution < 1.29 is 18.3 Å². The molecule has 5 heteroatoms. The highest BCUT2D eigenvalue weighted by molar-refractivity contribution is 7.91. The molecule has 0 aliphatic heterocycles. The molecule has 0 bridgehead atoms. The van der Waals surface area contributed by atoms with Gasteiger partial charge in [0.1, 0.15) is 0 Å². The van der Waals surface area contributed by atoms with Gasteiger partial charge >= 0.3 is 5.97 Å². The van der Waals surface area contributed by atoms with Crippen molar-refractivity contribution in [2.45, 2.75) is 50.8 Å². The predicted octanol–water partition coefficient (Wildman–Crippen LogP) is 3.36. The zero-order valence-electron chi connectivity index (χ0n) is 12.6. The van der Waals surface area contributed by atoms with Gasteiger partial charge in [0, 0.05) is 0 Å². The molecule has 0 heterocycles. The third-order valence-corrected chi connectivity index (χ3v) is 6.39. The lowest BCUT2D eigenvalue weighted by Crippen LogP contribution is -2.20. The minimum Gasteiger partial charge on any atom is -0.478 e. The van der Waals surface area contributed by atoms with Crippen LogP contribution >= 0.6 is 0 Å². The van der Waals surface area contributed by atoms with Crippen LogP contribution in [0.2, 0.25) is 0 Å². The molecule has 1 aliphatic carbocycles. The van der Waals surface area contributed by atoms with Gasteiger partial charge in [-0.25, -0.2) is 13.2 Å². The molecule has 116 valence electrons. The van der Waals surface area contributed by atoms with E-state index in [-0.39, 0.29) is 22.1 Å². The van der Waals surface area contributed by atoms with Gasteiger partial charge in [-0.1, -0.05) is 19.3 Å². The quantitative estimate of drug-likeness (QED) is 0.925. The average Bonchev–Trinajstić information content (AvgIpc) is 2.41. The summed E-state index contributed by atoms with van der Waals surface area (Å²) in [6.07, 6.45) is 5.27. The van der Waals surface area contributed by atoms with Crippen LogP contribution in [0.5, 0.6) is 0 Å². The Morgan fingerprint density at radius 3 is 2.38 bits per heavy atom. The van der Waals surface area contributed by atoms with Crippen LogP contribution in [0, 0.1) is 19.8 Å². The average molecular weight is 310 g/mol. The first-order chi connectivity index (χ1) is 9.81. The van der Waals surface area contributed by atoms with Crippen molar-refractivity contribution >= 4 is 15.8 Å². The van der Waals surface area contributed by atoms with Crippen molar-refractivity contribution in [1.29, 1.82) is 0 Å². The highest BCUT2D eigenvalue weighted by Crippen LogP contribution is 2.29. The Morgan fingerprint density at radius 2 is 1.81 bits per heavy atom. The van der Waals surface area contributed by atoms with Crippen LogP contribution in [0.4, 0.5) is 0 Å². The molecule has 0 unspecified atom stereocenters. The fraction of sp³-hybridized carbons (Fsp3) is 0.562. The van der Waals surface area contributed by atoms with Crippen LogP contribution in [-0.4, -0.2) is 25.2 Å². The number of carboxylic acids is 1. The summed E-state index contributed by atoms with van der Waals surface area (Å²) in [7, 11) is -3.43. The summed E-state index contributed by atoms with van der Waals surface area (Å²) in [6, 6.07) is 2.83. The summed E-state index contributed by atoms with van der Waals surface area (Å²) < 4.78 is 25.3. The summed E-state index contributed by atoms with van der Waals surface area (Å²) in [6.45, 7) is 3.50. The minimum atomic E-state index is -3.43. The number of hydrogen-bond donors (Lipinski definition) is 1. The molecular weight excluding hydrogens is 288 g/mol. The van der Waals surface area contributed by atoms with Gasteiger partial charge in [0.25, 0.3) is 0 Å². The molecule has 1 fully saturated rings. The summed E-state index contributed by atoms with van der Waals surface area (Å²) >= 11 is 0. The van der Waals surface area contributed by atoms with Gasteiger partial charge in [0.15, 0.2) is 9.84 Å². The van der Waals surface area contributed by atoms with Crippen molar-refractivity contribution in [1.82, 2.24) is 0 Å². The second kappa shape index (κ2) is 6.18. The molecule has 0 aromatic heterocycles. The summed E-state index contributed by atoms with van der Waals surface area (Å²) in [5, 5.41) is 9.12. The van der Waals surface area contributed by atoms with Gasteiger partial charge in [-0.15, -0.1) is 0 Å². The van der Waals surface area contributed by atoms with Crippen molar-refractivity contribution in [3.63, 3.8) is 0 Å². The Kier molecular flexibility index (Phi) is 4.71. The number of carboxylic acid groups (broad SMARTS) is 1. The van der Waals surface area contributed by atoms with Crippen molar-refractivity contribution in [3.8, 4) is 0 Å². The maximum absolute atomic E-state index is 12.7. The Hall–Kier alpha value is -1.36. The van der Waals surface area contributed by atoms with Crippen LogP contribution in [0.15, 0.2) is 17.0 Å². The van der Waals surface area contributed by atoms with Crippen molar-refractivity contribution in [2.24, 2.45) is 5.92 Å². The first-order valence-electron chi connectivity index (χ1n) is 7.38. The molecule has 21 heavy (non-hydrogen) atoms. The monoisotopic (exact) mass is 310 g/mol. The SMILES string of the molecule is Cc1cc(C(=O)O)cc(S(=O)(=O)CC2CCCCC2)c1C. The second-order valence-electron chi connectivity index (χ2n) is 6.01. The first kappa shape index (κ1) is 16.0. The standard InChI is InChI=1S/C16H22O4S/c1-11-8-14(16(17)18)9-15(12(11)2)21(19,20)10-13-6-4-3-5-7-13/h8-9,13H,3-7,10H2,1-2H3,(H,17,18). The molecule has 1 saturated carbocycles. The molecule has 0 atom stereocenters. The Balaban J connectivity index is 2.36. The maximum atomic E-state index is 12.7. The zero-order valence-corrected chi connectivity index (χ0v) is 13.4. The Labute approximate surface area is 126 Å². The van der Waals surface area contributed by atoms with E-state index >= 15 is 0 Å². The molecule has 1 N–H and O–H groups in total. The van der Waals surface area contributed by atoms with Crippen LogP contribution in [0.3, 0.4) is 0 Å². The lowest BCUT2D eigenvalue weighted by atomic mass is 9.91. The Bertz CT molecular complexity index is 640. The normalized spacial score (nSPS) is 16.9. The second-order valence-corrected chi connectivity index (χ2v) is 8.01. The zero-order chi connectivity index (χ0) is 15.6. The molecule has 1 aliphatic rings. The van der Waals surface area contributed by atoms with E-state index in [0.717, 1.165) is 25.7 Å². The minimum absolute atomic E-state index is 0.0420. The fourth-order valence-electron chi connectivity index (χ4n) is 3.03. The number of sulfone groups is 1. The number of benzene rings is 1. The molecular formula is C16H22O4S. The molecule has 0 radical (unpaired) electrons. The number of aryl methyl sites for hydroxylation is 1. The van der Waals surface area contributed by atoms with Crippen LogP contribution in [0.25, 0.3) is 0 Å². The number of hydrogen-bond acceptors (Lipinski definition) is 3. The molecule has 4 nitrogen and oxygen atoms in total. The van der Waals surface area contributed by atoms with Crippen molar-refractivity contribution in [3.05, 3.63) is 28.8 Å². The van der Waals surface area contributed by atoms with Gasteiger partial charge in [-0.2, -0.15) is 0 Å². The Morgan fingerprint density at radius 1 is 1.19 bits per heavy atom. The van der Waals surface area contributed by atoms with Crippen molar-refractivity contribution in [2.75, 3.05) is 5.75 Å². The van der Waals surface area contributed by atoms with E-state index in [9.17, 15) is 13.2 Å². The van der Waals surface area contributed by atoms with Gasteiger partial charge in [-0.3, -0.25) is 0 Å². The maximum Gasteiger partial charge on any atom is 0.335 e. The topological polar surface area (TPSA) is 71.4 Å².